The first-order chi connectivity index (χ1) is 15.9. The molecule has 7 heteroatoms. The van der Waals surface area contributed by atoms with Gasteiger partial charge in [0.1, 0.15) is 6.61 Å². The predicted octanol–water partition coefficient (Wildman–Crippen LogP) is 3.63. The number of nitrogens with one attached hydrogen (secondary N) is 2. The summed E-state index contributed by atoms with van der Waals surface area (Å²) in [5.74, 6) is -1.79. The van der Waals surface area contributed by atoms with Crippen molar-refractivity contribution in [2.45, 2.75) is 26.2 Å². The molecule has 2 aliphatic carbocycles. The molecule has 2 aliphatic rings. The monoisotopic (exact) mass is 450 g/mol. The quantitative estimate of drug-likeness (QED) is 0.541. The fourth-order valence-corrected chi connectivity index (χ4v) is 4.61. The van der Waals surface area contributed by atoms with Crippen molar-refractivity contribution in [2.24, 2.45) is 23.7 Å². The molecule has 1 saturated carbocycles. The Labute approximate surface area is 193 Å². The molecule has 0 aliphatic heterocycles. The number of aliphatic carboxylic acids is 1. The van der Waals surface area contributed by atoms with Gasteiger partial charge in [0.2, 0.25) is 5.91 Å². The lowest BCUT2D eigenvalue weighted by Crippen LogP contribution is -2.42. The Hall–Kier alpha value is -3.35. The molecule has 0 saturated heterocycles. The van der Waals surface area contributed by atoms with E-state index >= 15 is 0 Å². The van der Waals surface area contributed by atoms with E-state index in [0.29, 0.717) is 13.0 Å². The highest BCUT2D eigenvalue weighted by atomic mass is 16.5. The van der Waals surface area contributed by atoms with E-state index in [9.17, 15) is 14.4 Å². The van der Waals surface area contributed by atoms with Crippen LogP contribution in [0.25, 0.3) is 11.1 Å². The van der Waals surface area contributed by atoms with Gasteiger partial charge in [0.25, 0.3) is 0 Å². The van der Waals surface area contributed by atoms with Crippen LogP contribution in [0.15, 0.2) is 48.5 Å². The van der Waals surface area contributed by atoms with Crippen LogP contribution in [0.5, 0.6) is 0 Å². The van der Waals surface area contributed by atoms with Crippen LogP contribution in [0.4, 0.5) is 4.79 Å². The molecule has 3 N–H and O–H groups in total. The summed E-state index contributed by atoms with van der Waals surface area (Å²) in [5, 5.41) is 14.6. The van der Waals surface area contributed by atoms with E-state index in [0.717, 1.165) is 11.1 Å². The number of benzene rings is 2. The topological polar surface area (TPSA) is 105 Å². The van der Waals surface area contributed by atoms with Gasteiger partial charge >= 0.3 is 12.1 Å². The van der Waals surface area contributed by atoms with Crippen LogP contribution in [0.2, 0.25) is 0 Å². The average molecular weight is 451 g/mol. The van der Waals surface area contributed by atoms with Crippen LogP contribution < -0.4 is 10.6 Å². The van der Waals surface area contributed by atoms with E-state index in [1.54, 1.807) is 0 Å². The number of carboxylic acid groups (broad SMARTS) is 1. The number of hydrogen-bond donors (Lipinski definition) is 3. The van der Waals surface area contributed by atoms with Crippen molar-refractivity contribution >= 4 is 18.0 Å². The van der Waals surface area contributed by atoms with E-state index in [1.807, 2.05) is 38.1 Å². The van der Waals surface area contributed by atoms with E-state index in [1.165, 1.54) is 11.1 Å². The third kappa shape index (κ3) is 5.02. The second-order valence-corrected chi connectivity index (χ2v) is 9.24. The summed E-state index contributed by atoms with van der Waals surface area (Å²) in [6.07, 6.45) is 0.0448. The molecule has 2 aromatic carbocycles. The molecule has 0 aromatic heterocycles. The summed E-state index contributed by atoms with van der Waals surface area (Å²) >= 11 is 0. The van der Waals surface area contributed by atoms with E-state index in [2.05, 4.69) is 34.9 Å². The molecule has 0 heterocycles. The van der Waals surface area contributed by atoms with Gasteiger partial charge in [0, 0.05) is 19.0 Å². The maximum Gasteiger partial charge on any atom is 0.407 e. The third-order valence-corrected chi connectivity index (χ3v) is 6.73. The van der Waals surface area contributed by atoms with Crippen molar-refractivity contribution in [2.75, 3.05) is 19.7 Å². The lowest BCUT2D eigenvalue weighted by Gasteiger charge is -2.21. The number of ether oxygens (including phenoxy) is 1. The highest BCUT2D eigenvalue weighted by Gasteiger charge is 2.43. The van der Waals surface area contributed by atoms with Crippen LogP contribution in [0, 0.1) is 23.7 Å². The van der Waals surface area contributed by atoms with Gasteiger partial charge < -0.3 is 20.5 Å². The number of carbonyl (C=O) groups is 3. The number of rotatable bonds is 9. The van der Waals surface area contributed by atoms with E-state index in [-0.39, 0.29) is 42.7 Å². The fraction of sp³-hybridized carbons (Fsp3) is 0.423. The van der Waals surface area contributed by atoms with Crippen molar-refractivity contribution < 1.29 is 24.2 Å². The number of carbonyl (C=O) groups excluding carboxylic acids is 2. The molecule has 1 fully saturated rings. The van der Waals surface area contributed by atoms with Crippen molar-refractivity contribution in [3.05, 3.63) is 59.7 Å². The van der Waals surface area contributed by atoms with E-state index < -0.39 is 18.0 Å². The van der Waals surface area contributed by atoms with Crippen LogP contribution in [-0.2, 0) is 14.3 Å². The molecule has 3 unspecified atom stereocenters. The summed E-state index contributed by atoms with van der Waals surface area (Å²) in [6, 6.07) is 16.3. The lowest BCUT2D eigenvalue weighted by molar-refractivity contribution is -0.139. The lowest BCUT2D eigenvalue weighted by atomic mass is 9.95. The molecule has 3 atom stereocenters. The average Bonchev–Trinajstić information content (AvgIpc) is 3.52. The third-order valence-electron chi connectivity index (χ3n) is 6.73. The molecule has 0 spiro atoms. The summed E-state index contributed by atoms with van der Waals surface area (Å²) in [4.78, 5) is 36.0. The molecule has 0 bridgehead atoms. The van der Waals surface area contributed by atoms with Gasteiger partial charge in [-0.15, -0.1) is 0 Å². The molecule has 33 heavy (non-hydrogen) atoms. The Morgan fingerprint density at radius 2 is 1.61 bits per heavy atom. The second kappa shape index (κ2) is 9.65. The van der Waals surface area contributed by atoms with Crippen LogP contribution in [0.3, 0.4) is 0 Å². The van der Waals surface area contributed by atoms with Crippen molar-refractivity contribution in [3.63, 3.8) is 0 Å². The zero-order valence-electron chi connectivity index (χ0n) is 18.9. The molecule has 2 aromatic rings. The van der Waals surface area contributed by atoms with Gasteiger partial charge in [-0.2, -0.15) is 0 Å². The molecule has 0 radical (unpaired) electrons. The largest absolute Gasteiger partial charge is 0.481 e. The Balaban J connectivity index is 1.29. The standard InChI is InChI=1S/C26H30N2O5/c1-15(2)22(24(29)27-12-16-11-21(16)25(30)31)13-28-26(32)33-14-23-19-9-5-3-7-17(19)18-8-4-6-10-20(18)23/h3-10,15-16,21-23H,11-14H2,1-2H3,(H,27,29)(H,28,32)(H,30,31). The zero-order chi connectivity index (χ0) is 23.5. The number of hydrogen-bond acceptors (Lipinski definition) is 4. The Kier molecular flexibility index (Phi) is 6.67. The Morgan fingerprint density at radius 3 is 2.15 bits per heavy atom. The first-order valence-corrected chi connectivity index (χ1v) is 11.5. The summed E-state index contributed by atoms with van der Waals surface area (Å²) in [7, 11) is 0. The minimum Gasteiger partial charge on any atom is -0.481 e. The number of carboxylic acids is 1. The fourth-order valence-electron chi connectivity index (χ4n) is 4.61. The SMILES string of the molecule is CC(C)C(CNC(=O)OCC1c2ccccc2-c2ccccc21)C(=O)NCC1CC1C(=O)O. The van der Waals surface area contributed by atoms with Crippen LogP contribution in [0.1, 0.15) is 37.3 Å². The van der Waals surface area contributed by atoms with Gasteiger partial charge in [-0.25, -0.2) is 4.79 Å². The minimum atomic E-state index is -0.813. The van der Waals surface area contributed by atoms with Crippen molar-refractivity contribution in [3.8, 4) is 11.1 Å². The number of fused-ring (bicyclic) bond motifs is 3. The Bertz CT molecular complexity index is 1000. The maximum absolute atomic E-state index is 12.6. The first-order valence-electron chi connectivity index (χ1n) is 11.5. The number of alkyl carbamates (subject to hydrolysis) is 1. The van der Waals surface area contributed by atoms with E-state index in [4.69, 9.17) is 9.84 Å². The molecule has 7 nitrogen and oxygen atoms in total. The van der Waals surface area contributed by atoms with Gasteiger partial charge in [0.15, 0.2) is 0 Å². The molecule has 4 rings (SSSR count). The van der Waals surface area contributed by atoms with Gasteiger partial charge in [-0.05, 0) is 40.5 Å². The highest BCUT2D eigenvalue weighted by Crippen LogP contribution is 2.44. The Morgan fingerprint density at radius 1 is 1.00 bits per heavy atom. The second-order valence-electron chi connectivity index (χ2n) is 9.24. The van der Waals surface area contributed by atoms with Crippen molar-refractivity contribution in [1.29, 1.82) is 0 Å². The smallest absolute Gasteiger partial charge is 0.407 e. The van der Waals surface area contributed by atoms with Crippen molar-refractivity contribution in [1.82, 2.24) is 10.6 Å². The minimum absolute atomic E-state index is 0.00523. The molecular weight excluding hydrogens is 420 g/mol. The highest BCUT2D eigenvalue weighted by molar-refractivity contribution is 5.81. The zero-order valence-corrected chi connectivity index (χ0v) is 18.9. The first kappa shape index (κ1) is 22.8. The van der Waals surface area contributed by atoms with Crippen LogP contribution >= 0.6 is 0 Å². The maximum atomic E-state index is 12.6. The summed E-state index contributed by atoms with van der Waals surface area (Å²) < 4.78 is 5.55. The van der Waals surface area contributed by atoms with Gasteiger partial charge in [-0.1, -0.05) is 62.4 Å². The molecule has 174 valence electrons. The number of amides is 2. The molecular formula is C26H30N2O5. The van der Waals surface area contributed by atoms with Gasteiger partial charge in [-0.3, -0.25) is 9.59 Å². The van der Waals surface area contributed by atoms with Gasteiger partial charge in [0.05, 0.1) is 11.8 Å². The molecule has 2 amide bonds. The summed E-state index contributed by atoms with van der Waals surface area (Å²) in [6.45, 7) is 4.56. The summed E-state index contributed by atoms with van der Waals surface area (Å²) in [5.41, 5.74) is 4.62. The van der Waals surface area contributed by atoms with Crippen LogP contribution in [-0.4, -0.2) is 42.8 Å². The predicted molar refractivity (Wildman–Crippen MR) is 124 cm³/mol. The normalized spacial score (nSPS) is 19.4.